The smallest absolute Gasteiger partial charge is 0.445 e. The van der Waals surface area contributed by atoms with Crippen LogP contribution in [-0.4, -0.2) is 6.98 Å². The van der Waals surface area contributed by atoms with E-state index in [1.165, 1.54) is 12.1 Å². The van der Waals surface area contributed by atoms with Crippen LogP contribution in [0.3, 0.4) is 0 Å². The predicted molar refractivity (Wildman–Crippen MR) is 61.5 cm³/mol. The van der Waals surface area contributed by atoms with Gasteiger partial charge in [-0.2, -0.15) is 5.26 Å². The van der Waals surface area contributed by atoms with Crippen LogP contribution in [0.25, 0.3) is 0 Å². The molecule has 1 aromatic carbocycles. The summed E-state index contributed by atoms with van der Waals surface area (Å²) in [6.45, 7) is -4.93. The standard InChI is InChI=1S/C12H10BF3N.K/c14-13(15,16)12-8-6-11(7-9-12)5-3-1-2-4-10-17;/h6-9H,1-2,4H2;/q-1;+1. The van der Waals surface area contributed by atoms with Crippen molar-refractivity contribution in [2.24, 2.45) is 0 Å². The molecule has 1 aromatic rings. The molecule has 0 saturated heterocycles. The van der Waals surface area contributed by atoms with Gasteiger partial charge in [0.15, 0.2) is 0 Å². The average molecular weight is 275 g/mol. The van der Waals surface area contributed by atoms with Crippen LogP contribution in [-0.2, 0) is 0 Å². The third kappa shape index (κ3) is 6.63. The number of nitriles is 1. The van der Waals surface area contributed by atoms with Crippen molar-refractivity contribution in [1.29, 1.82) is 5.26 Å². The van der Waals surface area contributed by atoms with Crippen LogP contribution in [0.4, 0.5) is 12.9 Å². The molecule has 0 heterocycles. The molecule has 0 bridgehead atoms. The summed E-state index contributed by atoms with van der Waals surface area (Å²) in [7, 11) is 0. The molecule has 0 atom stereocenters. The topological polar surface area (TPSA) is 23.8 Å². The largest absolute Gasteiger partial charge is 1.00 e. The van der Waals surface area contributed by atoms with Gasteiger partial charge in [0, 0.05) is 18.4 Å². The second kappa shape index (κ2) is 8.79. The number of hydrogen-bond acceptors (Lipinski definition) is 1. The van der Waals surface area contributed by atoms with Crippen LogP contribution in [0.5, 0.6) is 0 Å². The van der Waals surface area contributed by atoms with E-state index in [0.29, 0.717) is 24.8 Å². The number of hydrogen-bond donors (Lipinski definition) is 0. The Morgan fingerprint density at radius 1 is 1.06 bits per heavy atom. The van der Waals surface area contributed by atoms with Gasteiger partial charge in [-0.15, -0.1) is 5.46 Å². The minimum Gasteiger partial charge on any atom is -0.445 e. The van der Waals surface area contributed by atoms with Crippen molar-refractivity contribution in [3.63, 3.8) is 0 Å². The van der Waals surface area contributed by atoms with Crippen LogP contribution in [0.15, 0.2) is 24.3 Å². The summed E-state index contributed by atoms with van der Waals surface area (Å²) >= 11 is 0. The molecule has 0 fully saturated rings. The number of nitrogens with zero attached hydrogens (tertiary/aromatic N) is 1. The van der Waals surface area contributed by atoms with Gasteiger partial charge in [0.2, 0.25) is 0 Å². The Morgan fingerprint density at radius 3 is 2.17 bits per heavy atom. The fraction of sp³-hybridized carbons (Fsp3) is 0.250. The number of rotatable bonds is 3. The fourth-order valence-electron chi connectivity index (χ4n) is 1.21. The third-order valence-corrected chi connectivity index (χ3v) is 2.11. The van der Waals surface area contributed by atoms with Crippen LogP contribution in [0.1, 0.15) is 24.8 Å². The minimum atomic E-state index is -4.93. The summed E-state index contributed by atoms with van der Waals surface area (Å²) in [4.78, 5) is 0. The maximum Gasteiger partial charge on any atom is 1.00 e. The normalized spacial score (nSPS) is 9.67. The zero-order valence-electron chi connectivity index (χ0n) is 10.1. The first kappa shape index (κ1) is 17.8. The van der Waals surface area contributed by atoms with E-state index < -0.39 is 12.4 Å². The third-order valence-electron chi connectivity index (χ3n) is 2.11. The average Bonchev–Trinajstić information content (AvgIpc) is 2.28. The molecule has 0 N–H and O–H groups in total. The number of halogens is 3. The maximum absolute atomic E-state index is 12.3. The van der Waals surface area contributed by atoms with Gasteiger partial charge < -0.3 is 12.9 Å². The molecule has 0 aromatic heterocycles. The van der Waals surface area contributed by atoms with E-state index in [0.717, 1.165) is 12.1 Å². The van der Waals surface area contributed by atoms with Gasteiger partial charge in [0.1, 0.15) is 0 Å². The van der Waals surface area contributed by atoms with Gasteiger partial charge in [0.05, 0.1) is 6.07 Å². The molecule has 0 amide bonds. The molecule has 0 unspecified atom stereocenters. The van der Waals surface area contributed by atoms with Crippen LogP contribution < -0.4 is 56.8 Å². The van der Waals surface area contributed by atoms with E-state index in [4.69, 9.17) is 5.26 Å². The van der Waals surface area contributed by atoms with Gasteiger partial charge in [-0.3, -0.25) is 0 Å². The molecule has 0 spiro atoms. The zero-order valence-corrected chi connectivity index (χ0v) is 13.2. The quantitative estimate of drug-likeness (QED) is 0.425. The first-order chi connectivity index (χ1) is 8.04. The van der Waals surface area contributed by atoms with Crippen molar-refractivity contribution in [3.8, 4) is 17.9 Å². The molecule has 0 aliphatic heterocycles. The molecule has 0 saturated carbocycles. The van der Waals surface area contributed by atoms with Gasteiger partial charge >= 0.3 is 58.4 Å². The van der Waals surface area contributed by atoms with Crippen molar-refractivity contribution in [3.05, 3.63) is 29.8 Å². The fourth-order valence-corrected chi connectivity index (χ4v) is 1.21. The van der Waals surface area contributed by atoms with E-state index in [9.17, 15) is 12.9 Å². The van der Waals surface area contributed by atoms with Crippen LogP contribution in [0, 0.1) is 23.2 Å². The Kier molecular flexibility index (Phi) is 8.68. The molecule has 18 heavy (non-hydrogen) atoms. The van der Waals surface area contributed by atoms with Crippen LogP contribution >= 0.6 is 0 Å². The van der Waals surface area contributed by atoms with Crippen molar-refractivity contribution in [2.75, 3.05) is 0 Å². The van der Waals surface area contributed by atoms with Crippen LogP contribution in [0.2, 0.25) is 0 Å². The Morgan fingerprint density at radius 2 is 1.67 bits per heavy atom. The van der Waals surface area contributed by atoms with Gasteiger partial charge in [-0.25, -0.2) is 0 Å². The molecular weight excluding hydrogens is 265 g/mol. The Balaban J connectivity index is 0.00000289. The molecule has 0 aliphatic carbocycles. The predicted octanol–water partition coefficient (Wildman–Crippen LogP) is -0.210. The minimum absolute atomic E-state index is 0. The molecule has 6 heteroatoms. The summed E-state index contributed by atoms with van der Waals surface area (Å²) in [6.07, 6.45) is 1.72. The first-order valence-electron chi connectivity index (χ1n) is 5.20. The summed E-state index contributed by atoms with van der Waals surface area (Å²) in [5.74, 6) is 5.58. The number of unbranched alkanes of at least 4 members (excludes halogenated alkanes) is 2. The molecule has 1 nitrogen and oxygen atoms in total. The van der Waals surface area contributed by atoms with E-state index >= 15 is 0 Å². The van der Waals surface area contributed by atoms with E-state index in [2.05, 4.69) is 11.8 Å². The molecule has 88 valence electrons. The molecule has 0 aliphatic rings. The maximum atomic E-state index is 12.3. The van der Waals surface area contributed by atoms with Crippen molar-refractivity contribution in [1.82, 2.24) is 0 Å². The van der Waals surface area contributed by atoms with E-state index in [1.807, 2.05) is 6.07 Å². The SMILES string of the molecule is N#CCCCC#Cc1ccc([B-](F)(F)F)cc1.[K+]. The number of benzene rings is 1. The van der Waals surface area contributed by atoms with Crippen molar-refractivity contribution in [2.45, 2.75) is 19.3 Å². The van der Waals surface area contributed by atoms with Crippen molar-refractivity contribution >= 4 is 12.4 Å². The summed E-state index contributed by atoms with van der Waals surface area (Å²) in [5, 5.41) is 8.29. The molecular formula is C12H10BF3KN. The Bertz CT molecular complexity index is 465. The zero-order chi connectivity index (χ0) is 12.7. The Labute approximate surface area is 147 Å². The Hall–Kier alpha value is -0.239. The summed E-state index contributed by atoms with van der Waals surface area (Å²) in [6, 6.07) is 6.81. The van der Waals surface area contributed by atoms with Gasteiger partial charge in [-0.05, 0) is 18.6 Å². The summed E-state index contributed by atoms with van der Waals surface area (Å²) in [5.41, 5.74) is -0.0502. The van der Waals surface area contributed by atoms with Gasteiger partial charge in [-0.1, -0.05) is 24.0 Å². The summed E-state index contributed by atoms with van der Waals surface area (Å²) < 4.78 is 36.9. The first-order valence-corrected chi connectivity index (χ1v) is 5.20. The second-order valence-electron chi connectivity index (χ2n) is 3.51. The van der Waals surface area contributed by atoms with Gasteiger partial charge in [0.25, 0.3) is 0 Å². The molecule has 1 rings (SSSR count). The monoisotopic (exact) mass is 275 g/mol. The van der Waals surface area contributed by atoms with Crippen molar-refractivity contribution < 1.29 is 64.3 Å². The van der Waals surface area contributed by atoms with E-state index in [1.54, 1.807) is 0 Å². The second-order valence-corrected chi connectivity index (χ2v) is 3.51. The van der Waals surface area contributed by atoms with E-state index in [-0.39, 0.29) is 51.4 Å². The molecule has 0 radical (unpaired) electrons.